The molecule has 1 atom stereocenters. The van der Waals surface area contributed by atoms with Crippen LogP contribution in [-0.4, -0.2) is 23.5 Å². The standard InChI is InChI=1S/C31H37NO3S/c1-4-5-6-7-8-29(25-9-11-26(12-10-25)31(35)32-18-17-30(33)34)36-28-15-13-24(14-16-28)27-20-22(2)19-23(3)21-27/h9-16,19-21,29H,4-8,17-18H2,1-3H3,(H,32,35)(H,33,34). The number of rotatable bonds is 13. The molecule has 190 valence electrons. The number of carbonyl (C=O) groups is 2. The topological polar surface area (TPSA) is 66.4 Å². The maximum atomic E-state index is 12.3. The van der Waals surface area contributed by atoms with E-state index in [9.17, 15) is 9.59 Å². The summed E-state index contributed by atoms with van der Waals surface area (Å²) in [5.41, 5.74) is 6.78. The zero-order chi connectivity index (χ0) is 25.9. The molecule has 0 fully saturated rings. The molecule has 0 saturated carbocycles. The van der Waals surface area contributed by atoms with E-state index >= 15 is 0 Å². The number of thioether (sulfide) groups is 1. The smallest absolute Gasteiger partial charge is 0.305 e. The highest BCUT2D eigenvalue weighted by Crippen LogP contribution is 2.40. The third kappa shape index (κ3) is 8.56. The average Bonchev–Trinajstić information content (AvgIpc) is 2.85. The minimum Gasteiger partial charge on any atom is -0.481 e. The molecular weight excluding hydrogens is 466 g/mol. The first-order valence-corrected chi connectivity index (χ1v) is 13.7. The van der Waals surface area contributed by atoms with Crippen LogP contribution in [0.25, 0.3) is 11.1 Å². The summed E-state index contributed by atoms with van der Waals surface area (Å²) in [5, 5.41) is 11.7. The summed E-state index contributed by atoms with van der Waals surface area (Å²) in [6, 6.07) is 23.2. The molecule has 36 heavy (non-hydrogen) atoms. The summed E-state index contributed by atoms with van der Waals surface area (Å²) in [4.78, 5) is 24.2. The fraction of sp³-hybridized carbons (Fsp3) is 0.355. The van der Waals surface area contributed by atoms with Crippen molar-refractivity contribution < 1.29 is 14.7 Å². The van der Waals surface area contributed by atoms with Gasteiger partial charge in [0.25, 0.3) is 5.91 Å². The third-order valence-electron chi connectivity index (χ3n) is 6.18. The van der Waals surface area contributed by atoms with Crippen molar-refractivity contribution in [3.05, 3.63) is 89.0 Å². The lowest BCUT2D eigenvalue weighted by molar-refractivity contribution is -0.136. The molecule has 3 rings (SSSR count). The molecule has 1 amide bonds. The molecule has 0 spiro atoms. The minimum absolute atomic E-state index is 0.0808. The van der Waals surface area contributed by atoms with Crippen LogP contribution >= 0.6 is 11.8 Å². The zero-order valence-corrected chi connectivity index (χ0v) is 22.4. The second kappa shape index (κ2) is 13.9. The summed E-state index contributed by atoms with van der Waals surface area (Å²) < 4.78 is 0. The van der Waals surface area contributed by atoms with Crippen molar-refractivity contribution in [3.8, 4) is 11.1 Å². The molecule has 0 saturated heterocycles. The van der Waals surface area contributed by atoms with Gasteiger partial charge in [-0.3, -0.25) is 9.59 Å². The van der Waals surface area contributed by atoms with Crippen LogP contribution in [0.3, 0.4) is 0 Å². The monoisotopic (exact) mass is 503 g/mol. The molecule has 4 nitrogen and oxygen atoms in total. The van der Waals surface area contributed by atoms with Crippen molar-refractivity contribution in [2.75, 3.05) is 6.54 Å². The highest BCUT2D eigenvalue weighted by Gasteiger charge is 2.15. The number of aliphatic carboxylic acids is 1. The van der Waals surface area contributed by atoms with Crippen LogP contribution in [-0.2, 0) is 4.79 Å². The number of amides is 1. The van der Waals surface area contributed by atoms with Crippen molar-refractivity contribution in [1.82, 2.24) is 5.32 Å². The summed E-state index contributed by atoms with van der Waals surface area (Å²) in [7, 11) is 0. The quantitative estimate of drug-likeness (QED) is 0.183. The van der Waals surface area contributed by atoms with E-state index in [1.165, 1.54) is 58.4 Å². The van der Waals surface area contributed by atoms with Crippen molar-refractivity contribution in [1.29, 1.82) is 0 Å². The maximum Gasteiger partial charge on any atom is 0.305 e. The van der Waals surface area contributed by atoms with Gasteiger partial charge in [0.05, 0.1) is 6.42 Å². The Balaban J connectivity index is 1.71. The third-order valence-corrected chi connectivity index (χ3v) is 7.51. The highest BCUT2D eigenvalue weighted by atomic mass is 32.2. The van der Waals surface area contributed by atoms with E-state index in [2.05, 4.69) is 68.6 Å². The fourth-order valence-corrected chi connectivity index (χ4v) is 5.52. The molecule has 0 aliphatic heterocycles. The normalized spacial score (nSPS) is 11.8. The van der Waals surface area contributed by atoms with Crippen molar-refractivity contribution >= 4 is 23.6 Å². The summed E-state index contributed by atoms with van der Waals surface area (Å²) >= 11 is 1.88. The number of aryl methyl sites for hydroxylation is 2. The van der Waals surface area contributed by atoms with Gasteiger partial charge in [-0.2, -0.15) is 0 Å². The van der Waals surface area contributed by atoms with Gasteiger partial charge in [0.2, 0.25) is 0 Å². The van der Waals surface area contributed by atoms with Crippen LogP contribution in [0.5, 0.6) is 0 Å². The molecule has 5 heteroatoms. The first-order valence-electron chi connectivity index (χ1n) is 12.8. The average molecular weight is 504 g/mol. The molecular formula is C31H37NO3S. The van der Waals surface area contributed by atoms with Gasteiger partial charge in [-0.15, -0.1) is 11.8 Å². The molecule has 3 aromatic rings. The number of carboxylic acids is 1. The molecule has 0 aliphatic carbocycles. The van der Waals surface area contributed by atoms with Crippen molar-refractivity contribution in [2.45, 2.75) is 69.4 Å². The number of unbranched alkanes of at least 4 members (excludes halogenated alkanes) is 3. The molecule has 0 aliphatic rings. The molecule has 0 aromatic heterocycles. The van der Waals surface area contributed by atoms with Gasteiger partial charge >= 0.3 is 5.97 Å². The van der Waals surface area contributed by atoms with E-state index in [4.69, 9.17) is 5.11 Å². The van der Waals surface area contributed by atoms with Crippen LogP contribution < -0.4 is 5.32 Å². The first-order chi connectivity index (χ1) is 17.4. The minimum atomic E-state index is -0.921. The van der Waals surface area contributed by atoms with Crippen LogP contribution in [0.4, 0.5) is 0 Å². The van der Waals surface area contributed by atoms with E-state index < -0.39 is 5.97 Å². The SMILES string of the molecule is CCCCCCC(Sc1ccc(-c2cc(C)cc(C)c2)cc1)c1ccc(C(=O)NCCC(=O)O)cc1. The van der Waals surface area contributed by atoms with E-state index in [0.717, 1.165) is 6.42 Å². The van der Waals surface area contributed by atoms with Crippen LogP contribution in [0.1, 0.15) is 77.7 Å². The number of carbonyl (C=O) groups excluding carboxylic acids is 1. The Kier molecular flexibility index (Phi) is 10.6. The predicted molar refractivity (Wildman–Crippen MR) is 150 cm³/mol. The van der Waals surface area contributed by atoms with Gasteiger partial charge in [0.1, 0.15) is 0 Å². The highest BCUT2D eigenvalue weighted by molar-refractivity contribution is 7.99. The summed E-state index contributed by atoms with van der Waals surface area (Å²) in [5.74, 6) is -1.16. The Morgan fingerprint density at radius 3 is 2.14 bits per heavy atom. The molecule has 1 unspecified atom stereocenters. The number of benzene rings is 3. The number of nitrogens with one attached hydrogen (secondary N) is 1. The largest absolute Gasteiger partial charge is 0.481 e. The van der Waals surface area contributed by atoms with Gasteiger partial charge in [-0.05, 0) is 61.2 Å². The second-order valence-corrected chi connectivity index (χ2v) is 10.7. The number of carboxylic acid groups (broad SMARTS) is 1. The lowest BCUT2D eigenvalue weighted by Crippen LogP contribution is -2.25. The van der Waals surface area contributed by atoms with Crippen LogP contribution in [0, 0.1) is 13.8 Å². The van der Waals surface area contributed by atoms with Gasteiger partial charge in [-0.1, -0.05) is 86.2 Å². The lowest BCUT2D eigenvalue weighted by atomic mass is 10.0. The number of hydrogen-bond donors (Lipinski definition) is 2. The van der Waals surface area contributed by atoms with E-state index in [1.807, 2.05) is 36.0 Å². The fourth-order valence-electron chi connectivity index (χ4n) is 4.32. The number of hydrogen-bond acceptors (Lipinski definition) is 3. The Hall–Kier alpha value is -3.05. The van der Waals surface area contributed by atoms with Gasteiger partial charge in [-0.25, -0.2) is 0 Å². The Morgan fingerprint density at radius 2 is 1.53 bits per heavy atom. The van der Waals surface area contributed by atoms with E-state index in [0.29, 0.717) is 10.8 Å². The molecule has 3 aromatic carbocycles. The van der Waals surface area contributed by atoms with Crippen LogP contribution in [0.2, 0.25) is 0 Å². The Labute approximate surface area is 219 Å². The van der Waals surface area contributed by atoms with Crippen LogP contribution in [0.15, 0.2) is 71.6 Å². The lowest BCUT2D eigenvalue weighted by Gasteiger charge is -2.18. The maximum absolute atomic E-state index is 12.3. The van der Waals surface area contributed by atoms with Crippen molar-refractivity contribution in [3.63, 3.8) is 0 Å². The zero-order valence-electron chi connectivity index (χ0n) is 21.5. The second-order valence-electron chi connectivity index (χ2n) is 9.38. The predicted octanol–water partition coefficient (Wildman–Crippen LogP) is 7.98. The summed E-state index contributed by atoms with van der Waals surface area (Å²) in [6.07, 6.45) is 5.85. The molecule has 0 bridgehead atoms. The summed E-state index contributed by atoms with van der Waals surface area (Å²) in [6.45, 7) is 6.62. The van der Waals surface area contributed by atoms with Crippen molar-refractivity contribution in [2.24, 2.45) is 0 Å². The molecule has 2 N–H and O–H groups in total. The van der Waals surface area contributed by atoms with Gasteiger partial charge in [0, 0.05) is 22.3 Å². The van der Waals surface area contributed by atoms with E-state index in [-0.39, 0.29) is 18.9 Å². The van der Waals surface area contributed by atoms with Gasteiger partial charge < -0.3 is 10.4 Å². The van der Waals surface area contributed by atoms with Gasteiger partial charge in [0.15, 0.2) is 0 Å². The molecule has 0 radical (unpaired) electrons. The Bertz CT molecular complexity index is 1120. The van der Waals surface area contributed by atoms with E-state index in [1.54, 1.807) is 0 Å². The first kappa shape index (κ1) is 27.5. The Morgan fingerprint density at radius 1 is 0.861 bits per heavy atom. The molecule has 0 heterocycles.